The van der Waals surface area contributed by atoms with E-state index in [0.717, 1.165) is 11.3 Å². The van der Waals surface area contributed by atoms with Crippen molar-refractivity contribution < 1.29 is 9.13 Å². The summed E-state index contributed by atoms with van der Waals surface area (Å²) in [6.45, 7) is 4.84. The Hall–Kier alpha value is -2.60. The third-order valence-electron chi connectivity index (χ3n) is 3.06. The van der Waals surface area contributed by atoms with E-state index >= 15 is 0 Å². The minimum Gasteiger partial charge on any atom is -0.493 e. The third kappa shape index (κ3) is 4.20. The smallest absolute Gasteiger partial charge is 0.131 e. The van der Waals surface area contributed by atoms with Crippen LogP contribution in [0.4, 0.5) is 4.39 Å². The standard InChI is InChI=1S/C19H18FNO/c1-14(2)13-22-17-9-7-15(8-10-17)11-16(12-21)18-5-3-4-6-19(18)20/h3-11,14H,13H2,1-2H3. The van der Waals surface area contributed by atoms with E-state index in [1.165, 1.54) is 6.07 Å². The van der Waals surface area contributed by atoms with Crippen molar-refractivity contribution >= 4 is 11.6 Å². The quantitative estimate of drug-likeness (QED) is 0.579. The zero-order valence-electron chi connectivity index (χ0n) is 12.7. The number of nitriles is 1. The maximum Gasteiger partial charge on any atom is 0.131 e. The van der Waals surface area contributed by atoms with Gasteiger partial charge in [0.15, 0.2) is 0 Å². The van der Waals surface area contributed by atoms with Crippen LogP contribution in [-0.4, -0.2) is 6.61 Å². The fraction of sp³-hybridized carbons (Fsp3) is 0.211. The predicted molar refractivity (Wildman–Crippen MR) is 86.7 cm³/mol. The highest BCUT2D eigenvalue weighted by molar-refractivity contribution is 5.89. The Bertz CT molecular complexity index is 696. The minimum atomic E-state index is -0.396. The first-order valence-corrected chi connectivity index (χ1v) is 7.19. The summed E-state index contributed by atoms with van der Waals surface area (Å²) in [6, 6.07) is 15.7. The van der Waals surface area contributed by atoms with Gasteiger partial charge in [-0.1, -0.05) is 44.2 Å². The second kappa shape index (κ2) is 7.42. The molecule has 0 aliphatic heterocycles. The van der Waals surface area contributed by atoms with Crippen LogP contribution in [0.2, 0.25) is 0 Å². The van der Waals surface area contributed by atoms with E-state index in [9.17, 15) is 9.65 Å². The largest absolute Gasteiger partial charge is 0.493 e. The SMILES string of the molecule is CC(C)COc1ccc(C=C(C#N)c2ccccc2F)cc1. The molecular formula is C19H18FNO. The lowest BCUT2D eigenvalue weighted by atomic mass is 10.0. The zero-order valence-corrected chi connectivity index (χ0v) is 12.7. The number of ether oxygens (including phenoxy) is 1. The Morgan fingerprint density at radius 2 is 1.86 bits per heavy atom. The Morgan fingerprint density at radius 1 is 1.18 bits per heavy atom. The Kier molecular flexibility index (Phi) is 5.32. The molecule has 0 saturated heterocycles. The molecule has 0 spiro atoms. The fourth-order valence-electron chi connectivity index (χ4n) is 1.94. The summed E-state index contributed by atoms with van der Waals surface area (Å²) in [4.78, 5) is 0. The summed E-state index contributed by atoms with van der Waals surface area (Å²) in [7, 11) is 0. The molecule has 2 aromatic carbocycles. The molecule has 0 unspecified atom stereocenters. The lowest BCUT2D eigenvalue weighted by Gasteiger charge is -2.08. The summed E-state index contributed by atoms with van der Waals surface area (Å²) in [5.74, 6) is 0.855. The van der Waals surface area contributed by atoms with Crippen LogP contribution >= 0.6 is 0 Å². The molecule has 2 nitrogen and oxygen atoms in total. The average molecular weight is 295 g/mol. The molecule has 0 radical (unpaired) electrons. The number of hydrogen-bond acceptors (Lipinski definition) is 2. The molecule has 2 rings (SSSR count). The lowest BCUT2D eigenvalue weighted by molar-refractivity contribution is 0.271. The number of halogens is 1. The van der Waals surface area contributed by atoms with Crippen LogP contribution in [0.1, 0.15) is 25.0 Å². The minimum absolute atomic E-state index is 0.300. The first kappa shape index (κ1) is 15.8. The van der Waals surface area contributed by atoms with Gasteiger partial charge in [-0.25, -0.2) is 4.39 Å². The van der Waals surface area contributed by atoms with Gasteiger partial charge in [-0.2, -0.15) is 5.26 Å². The second-order valence-corrected chi connectivity index (χ2v) is 5.42. The molecule has 0 fully saturated rings. The second-order valence-electron chi connectivity index (χ2n) is 5.42. The van der Waals surface area contributed by atoms with Gasteiger partial charge >= 0.3 is 0 Å². The Labute approximate surface area is 130 Å². The number of allylic oxidation sites excluding steroid dienone is 1. The summed E-state index contributed by atoms with van der Waals surface area (Å²) in [6.07, 6.45) is 1.67. The van der Waals surface area contributed by atoms with E-state index in [4.69, 9.17) is 4.74 Å². The van der Waals surface area contributed by atoms with Crippen molar-refractivity contribution in [1.29, 1.82) is 5.26 Å². The fourth-order valence-corrected chi connectivity index (χ4v) is 1.94. The maximum atomic E-state index is 13.8. The van der Waals surface area contributed by atoms with E-state index in [1.54, 1.807) is 24.3 Å². The van der Waals surface area contributed by atoms with Crippen molar-refractivity contribution in [3.05, 3.63) is 65.5 Å². The number of hydrogen-bond donors (Lipinski definition) is 0. The first-order valence-electron chi connectivity index (χ1n) is 7.19. The monoisotopic (exact) mass is 295 g/mol. The molecule has 0 aliphatic carbocycles. The topological polar surface area (TPSA) is 33.0 Å². The molecule has 22 heavy (non-hydrogen) atoms. The van der Waals surface area contributed by atoms with Crippen LogP contribution in [0, 0.1) is 23.1 Å². The molecule has 0 N–H and O–H groups in total. The van der Waals surface area contributed by atoms with Crippen molar-refractivity contribution in [3.63, 3.8) is 0 Å². The van der Waals surface area contributed by atoms with Gasteiger partial charge in [0.25, 0.3) is 0 Å². The van der Waals surface area contributed by atoms with Gasteiger partial charge in [-0.3, -0.25) is 0 Å². The van der Waals surface area contributed by atoms with Crippen LogP contribution in [0.5, 0.6) is 5.75 Å². The van der Waals surface area contributed by atoms with Gasteiger partial charge in [0, 0.05) is 5.56 Å². The summed E-state index contributed by atoms with van der Waals surface area (Å²) >= 11 is 0. The average Bonchev–Trinajstić information content (AvgIpc) is 2.52. The van der Waals surface area contributed by atoms with Gasteiger partial charge in [-0.15, -0.1) is 0 Å². The highest BCUT2D eigenvalue weighted by atomic mass is 19.1. The molecule has 0 amide bonds. The Balaban J connectivity index is 2.21. The highest BCUT2D eigenvalue weighted by Crippen LogP contribution is 2.22. The molecule has 0 aliphatic rings. The van der Waals surface area contributed by atoms with Crippen molar-refractivity contribution in [1.82, 2.24) is 0 Å². The zero-order chi connectivity index (χ0) is 15.9. The maximum absolute atomic E-state index is 13.8. The molecule has 0 atom stereocenters. The van der Waals surface area contributed by atoms with Gasteiger partial charge in [0.1, 0.15) is 11.6 Å². The van der Waals surface area contributed by atoms with Crippen LogP contribution < -0.4 is 4.74 Å². The van der Waals surface area contributed by atoms with E-state index in [0.29, 0.717) is 23.7 Å². The summed E-state index contributed by atoms with van der Waals surface area (Å²) < 4.78 is 19.4. The van der Waals surface area contributed by atoms with Crippen molar-refractivity contribution in [3.8, 4) is 11.8 Å². The van der Waals surface area contributed by atoms with E-state index in [1.807, 2.05) is 24.3 Å². The predicted octanol–water partition coefficient (Wildman–Crippen LogP) is 4.92. The van der Waals surface area contributed by atoms with Gasteiger partial charge in [-0.05, 0) is 35.8 Å². The van der Waals surface area contributed by atoms with E-state index < -0.39 is 5.82 Å². The lowest BCUT2D eigenvalue weighted by Crippen LogP contribution is -2.04. The number of nitrogens with zero attached hydrogens (tertiary/aromatic N) is 1. The van der Waals surface area contributed by atoms with Crippen molar-refractivity contribution in [2.45, 2.75) is 13.8 Å². The summed E-state index contributed by atoms with van der Waals surface area (Å²) in [5.41, 5.74) is 1.44. The highest BCUT2D eigenvalue weighted by Gasteiger charge is 2.06. The Morgan fingerprint density at radius 3 is 2.45 bits per heavy atom. The molecule has 2 aromatic rings. The molecule has 0 saturated carbocycles. The van der Waals surface area contributed by atoms with Crippen LogP contribution in [0.25, 0.3) is 11.6 Å². The molecule has 112 valence electrons. The van der Waals surface area contributed by atoms with Crippen molar-refractivity contribution in [2.75, 3.05) is 6.61 Å². The number of benzene rings is 2. The third-order valence-corrected chi connectivity index (χ3v) is 3.06. The van der Waals surface area contributed by atoms with Gasteiger partial charge in [0.05, 0.1) is 18.2 Å². The van der Waals surface area contributed by atoms with Crippen LogP contribution in [0.3, 0.4) is 0 Å². The van der Waals surface area contributed by atoms with Crippen LogP contribution in [0.15, 0.2) is 48.5 Å². The molecular weight excluding hydrogens is 277 g/mol. The molecule has 3 heteroatoms. The van der Waals surface area contributed by atoms with E-state index in [2.05, 4.69) is 19.9 Å². The molecule has 0 aromatic heterocycles. The van der Waals surface area contributed by atoms with Gasteiger partial charge in [0.2, 0.25) is 0 Å². The number of rotatable bonds is 5. The van der Waals surface area contributed by atoms with Crippen molar-refractivity contribution in [2.24, 2.45) is 5.92 Å². The molecule has 0 heterocycles. The van der Waals surface area contributed by atoms with E-state index in [-0.39, 0.29) is 0 Å². The first-order chi connectivity index (χ1) is 10.6. The molecule has 0 bridgehead atoms. The summed E-state index contributed by atoms with van der Waals surface area (Å²) in [5, 5.41) is 9.26. The van der Waals surface area contributed by atoms with Crippen LogP contribution in [-0.2, 0) is 0 Å². The normalized spacial score (nSPS) is 11.3. The van der Waals surface area contributed by atoms with Gasteiger partial charge < -0.3 is 4.74 Å².